The number of carbonyl (C=O) groups excluding carboxylic acids is 3. The number of esters is 1. The first-order valence-electron chi connectivity index (χ1n) is 22.8. The fourth-order valence-corrected chi connectivity index (χ4v) is 11.0. The maximum Gasteiger partial charge on any atom is 0.508 e. The Labute approximate surface area is 358 Å². The third-order valence-electron chi connectivity index (χ3n) is 15.1. The van der Waals surface area contributed by atoms with Gasteiger partial charge in [-0.2, -0.15) is 0 Å². The van der Waals surface area contributed by atoms with Crippen molar-refractivity contribution in [1.82, 2.24) is 0 Å². The summed E-state index contributed by atoms with van der Waals surface area (Å²) in [6, 6.07) is 0. The van der Waals surface area contributed by atoms with Crippen LogP contribution >= 0.6 is 0 Å². The van der Waals surface area contributed by atoms with Gasteiger partial charge in [0.25, 0.3) is 0 Å². The molecule has 13 heteroatoms. The number of ketones is 1. The fraction of sp³-hybridized carbons (Fsp3) is 0.851. The third-order valence-corrected chi connectivity index (χ3v) is 15.1. The van der Waals surface area contributed by atoms with Crippen LogP contribution in [-0.4, -0.2) is 107 Å². The zero-order valence-corrected chi connectivity index (χ0v) is 38.2. The molecule has 342 valence electrons. The summed E-state index contributed by atoms with van der Waals surface area (Å²) in [4.78, 5) is 40.2. The van der Waals surface area contributed by atoms with Crippen molar-refractivity contribution < 1.29 is 62.5 Å². The monoisotopic (exact) mass is 849 g/mol. The fourth-order valence-electron chi connectivity index (χ4n) is 11.0. The number of aliphatic hydroxyl groups is 2. The van der Waals surface area contributed by atoms with Gasteiger partial charge in [-0.25, -0.2) is 4.79 Å². The smallest absolute Gasteiger partial charge is 0.461 e. The molecule has 4 fully saturated rings. The topological polar surface area (TPSA) is 166 Å². The van der Waals surface area contributed by atoms with Crippen molar-refractivity contribution in [2.75, 3.05) is 13.7 Å². The summed E-state index contributed by atoms with van der Waals surface area (Å²) < 4.78 is 50.3. The minimum absolute atomic E-state index is 0.0308. The lowest BCUT2D eigenvalue weighted by molar-refractivity contribution is -0.408. The molecule has 0 saturated carbocycles. The molecule has 0 aliphatic carbocycles. The molecule has 5 aliphatic rings. The highest BCUT2D eigenvalue weighted by molar-refractivity contribution is 5.84. The molecule has 0 unspecified atom stereocenters. The lowest BCUT2D eigenvalue weighted by atomic mass is 9.72. The number of methoxy groups -OCH3 is 1. The van der Waals surface area contributed by atoms with Crippen LogP contribution in [0.2, 0.25) is 0 Å². The van der Waals surface area contributed by atoms with E-state index in [0.29, 0.717) is 57.8 Å². The molecular weight excluding hydrogens is 773 g/mol. The van der Waals surface area contributed by atoms with Crippen molar-refractivity contribution in [1.29, 1.82) is 0 Å². The standard InChI is InChI=1S/C47H76O13/c1-13-25-54-42(50)33(14-2)35-18-17-27(5)40(56-35)31(9)38(48)30(8)39(49)34(15-3)41-28(6)26-29(7)46(58-41)22-20-37(57-43(51)53-12)47(60-46)24-23-44(11,59-47)36-19-21-45(52,16-4)32(10)55-36/h13,20,22,27-38,40-41,48,52H,1,14-19,21,23-26H2,2-12H3/t27-,28-,29+,30-,31-,32-,33+,34-,35+,36+,37+,38+,40+,41-,44-,45+,46-,47-/m0/s1. The third kappa shape index (κ3) is 9.57. The quantitative estimate of drug-likeness (QED) is 0.122. The molecular formula is C47H76O13. The average Bonchev–Trinajstić information content (AvgIpc) is 3.57. The highest BCUT2D eigenvalue weighted by Gasteiger charge is 2.64. The van der Waals surface area contributed by atoms with Gasteiger partial charge in [0.2, 0.25) is 5.79 Å². The predicted molar refractivity (Wildman–Crippen MR) is 223 cm³/mol. The van der Waals surface area contributed by atoms with Gasteiger partial charge in [-0.05, 0) is 95.6 Å². The van der Waals surface area contributed by atoms with E-state index in [1.165, 1.54) is 7.11 Å². The Morgan fingerprint density at radius 2 is 1.63 bits per heavy atom. The van der Waals surface area contributed by atoms with Gasteiger partial charge < -0.3 is 48.1 Å². The van der Waals surface area contributed by atoms with Crippen LogP contribution < -0.4 is 0 Å². The molecule has 18 atom stereocenters. The predicted octanol–water partition coefficient (Wildman–Crippen LogP) is 7.62. The SMILES string of the molecule is C=CCOC(=O)[C@H](CC)[C@H]1CC[C@H](C)[C@H]([C@@H](C)[C@H](O)[C@H](C)C(=O)[C@H](CC)[C@H]2O[C@]3(C=C[C@@H](OC(=O)OC)[C@]4(CC[C@@](C)([C@H]5CC[C@](O)(CC)[C@H](C)O5)O4)O3)[C@H](C)C[C@@H]2C)O1. The molecule has 5 heterocycles. The highest BCUT2D eigenvalue weighted by Crippen LogP contribution is 2.54. The zero-order valence-electron chi connectivity index (χ0n) is 38.2. The molecule has 0 aromatic heterocycles. The molecule has 13 nitrogen and oxygen atoms in total. The Bertz CT molecular complexity index is 1540. The van der Waals surface area contributed by atoms with Crippen molar-refractivity contribution >= 4 is 17.9 Å². The maximum atomic E-state index is 14.7. The summed E-state index contributed by atoms with van der Waals surface area (Å²) in [6.07, 6.45) is 6.06. The van der Waals surface area contributed by atoms with E-state index in [4.69, 9.17) is 37.9 Å². The van der Waals surface area contributed by atoms with Gasteiger partial charge in [-0.3, -0.25) is 9.59 Å². The Hall–Kier alpha value is -2.39. The number of rotatable bonds is 15. The van der Waals surface area contributed by atoms with Crippen LogP contribution in [0.25, 0.3) is 0 Å². The summed E-state index contributed by atoms with van der Waals surface area (Å²) in [5.74, 6) is -5.41. The summed E-state index contributed by atoms with van der Waals surface area (Å²) in [5, 5.41) is 23.1. The van der Waals surface area contributed by atoms with E-state index in [-0.39, 0.29) is 54.4 Å². The lowest BCUT2D eigenvalue weighted by Crippen LogP contribution is -2.63. The number of Topliss-reactive ketones (excluding diaryl/α,β-unsaturated/α-hetero) is 1. The molecule has 0 amide bonds. The number of ether oxygens (including phenoxy) is 8. The van der Waals surface area contributed by atoms with Crippen molar-refractivity contribution in [3.63, 3.8) is 0 Å². The average molecular weight is 849 g/mol. The number of hydrogen-bond acceptors (Lipinski definition) is 13. The molecule has 2 N–H and O–H groups in total. The summed E-state index contributed by atoms with van der Waals surface area (Å²) in [7, 11) is 1.25. The number of hydrogen-bond donors (Lipinski definition) is 2. The largest absolute Gasteiger partial charge is 0.508 e. The van der Waals surface area contributed by atoms with E-state index >= 15 is 0 Å². The van der Waals surface area contributed by atoms with Crippen molar-refractivity contribution in [3.8, 4) is 0 Å². The minimum atomic E-state index is -1.46. The van der Waals surface area contributed by atoms with E-state index in [2.05, 4.69) is 27.4 Å². The second kappa shape index (κ2) is 19.6. The van der Waals surface area contributed by atoms with E-state index < -0.39 is 77.0 Å². The Balaban J connectivity index is 1.35. The summed E-state index contributed by atoms with van der Waals surface area (Å²) in [6.45, 7) is 23.5. The van der Waals surface area contributed by atoms with Crippen LogP contribution in [0, 0.1) is 41.4 Å². The molecule has 2 spiro atoms. The van der Waals surface area contributed by atoms with Crippen molar-refractivity contribution in [3.05, 3.63) is 24.8 Å². The number of carbonyl (C=O) groups is 3. The van der Waals surface area contributed by atoms with Gasteiger partial charge in [0.05, 0.1) is 60.9 Å². The van der Waals surface area contributed by atoms with Crippen LogP contribution in [-0.2, 0) is 47.5 Å². The van der Waals surface area contributed by atoms with Gasteiger partial charge in [0.1, 0.15) is 12.4 Å². The molecule has 5 aliphatic heterocycles. The lowest BCUT2D eigenvalue weighted by Gasteiger charge is -2.54. The van der Waals surface area contributed by atoms with Crippen molar-refractivity contribution in [2.24, 2.45) is 41.4 Å². The molecule has 5 rings (SSSR count). The van der Waals surface area contributed by atoms with E-state index in [1.54, 1.807) is 25.2 Å². The summed E-state index contributed by atoms with van der Waals surface area (Å²) in [5.41, 5.74) is -1.76. The van der Waals surface area contributed by atoms with Crippen molar-refractivity contribution in [2.45, 2.75) is 199 Å². The van der Waals surface area contributed by atoms with Crippen LogP contribution in [0.5, 0.6) is 0 Å². The molecule has 4 saturated heterocycles. The van der Waals surface area contributed by atoms with E-state index in [0.717, 1.165) is 6.42 Å². The van der Waals surface area contributed by atoms with Gasteiger partial charge in [0.15, 0.2) is 11.9 Å². The first kappa shape index (κ1) is 48.6. The molecule has 0 radical (unpaired) electrons. The zero-order chi connectivity index (χ0) is 44.4. The summed E-state index contributed by atoms with van der Waals surface area (Å²) >= 11 is 0. The van der Waals surface area contributed by atoms with Gasteiger partial charge in [0, 0.05) is 30.1 Å². The highest BCUT2D eigenvalue weighted by atomic mass is 16.8. The molecule has 60 heavy (non-hydrogen) atoms. The second-order valence-electron chi connectivity index (χ2n) is 19.0. The second-order valence-corrected chi connectivity index (χ2v) is 19.0. The first-order valence-corrected chi connectivity index (χ1v) is 22.8. The minimum Gasteiger partial charge on any atom is -0.461 e. The van der Waals surface area contributed by atoms with Gasteiger partial charge >= 0.3 is 12.1 Å². The van der Waals surface area contributed by atoms with Crippen LogP contribution in [0.1, 0.15) is 133 Å². The van der Waals surface area contributed by atoms with Crippen LogP contribution in [0.15, 0.2) is 24.8 Å². The van der Waals surface area contributed by atoms with E-state index in [9.17, 15) is 24.6 Å². The van der Waals surface area contributed by atoms with Crippen LogP contribution in [0.3, 0.4) is 0 Å². The Kier molecular flexibility index (Phi) is 15.9. The Morgan fingerprint density at radius 1 is 0.933 bits per heavy atom. The maximum absolute atomic E-state index is 14.7. The van der Waals surface area contributed by atoms with E-state index in [1.807, 2.05) is 41.5 Å². The normalized spacial score (nSPS) is 41.9. The number of aliphatic hydroxyl groups excluding tert-OH is 1. The van der Waals surface area contributed by atoms with Gasteiger partial charge in [-0.1, -0.05) is 68.0 Å². The van der Waals surface area contributed by atoms with Gasteiger partial charge in [-0.15, -0.1) is 0 Å². The molecule has 0 aromatic carbocycles. The van der Waals surface area contributed by atoms with Crippen LogP contribution in [0.4, 0.5) is 4.79 Å². The molecule has 0 bridgehead atoms. The molecule has 0 aromatic rings. The first-order chi connectivity index (χ1) is 28.3. The Morgan fingerprint density at radius 3 is 2.25 bits per heavy atom.